The Hall–Kier alpha value is -1.75. The van der Waals surface area contributed by atoms with Gasteiger partial charge >= 0.3 is 0 Å². The first-order chi connectivity index (χ1) is 12.6. The van der Waals surface area contributed by atoms with Gasteiger partial charge in [-0.25, -0.2) is 0 Å². The Balaban J connectivity index is 1.63. The lowest BCUT2D eigenvalue weighted by Gasteiger charge is -2.31. The molecule has 2 fully saturated rings. The highest BCUT2D eigenvalue weighted by molar-refractivity contribution is 5.78. The van der Waals surface area contributed by atoms with E-state index >= 15 is 0 Å². The molecule has 0 aromatic heterocycles. The number of methoxy groups -OCH3 is 2. The molecule has 1 aliphatic carbocycles. The molecule has 5 heteroatoms. The molecule has 0 bridgehead atoms. The normalized spacial score (nSPS) is 26.5. The molecule has 1 aromatic carbocycles. The molecule has 2 aliphatic rings. The van der Waals surface area contributed by atoms with Crippen LogP contribution in [0.5, 0.6) is 11.5 Å². The van der Waals surface area contributed by atoms with E-state index in [1.54, 1.807) is 14.2 Å². The van der Waals surface area contributed by atoms with Crippen LogP contribution in [0.3, 0.4) is 0 Å². The van der Waals surface area contributed by atoms with E-state index in [0.29, 0.717) is 18.5 Å². The van der Waals surface area contributed by atoms with Crippen LogP contribution in [-0.2, 0) is 4.79 Å². The van der Waals surface area contributed by atoms with Gasteiger partial charge in [-0.1, -0.05) is 25.8 Å². The van der Waals surface area contributed by atoms with Gasteiger partial charge < -0.3 is 14.8 Å². The zero-order valence-corrected chi connectivity index (χ0v) is 16.3. The highest BCUT2D eigenvalue weighted by atomic mass is 16.5. The van der Waals surface area contributed by atoms with Crippen molar-refractivity contribution in [1.82, 2.24) is 10.2 Å². The maximum Gasteiger partial charge on any atom is 0.234 e. The lowest BCUT2D eigenvalue weighted by Crippen LogP contribution is -2.45. The van der Waals surface area contributed by atoms with Crippen molar-refractivity contribution in [3.05, 3.63) is 23.8 Å². The monoisotopic (exact) mass is 360 g/mol. The molecule has 1 aromatic rings. The maximum atomic E-state index is 12.6. The first-order valence-electron chi connectivity index (χ1n) is 9.87. The SMILES string of the molecule is COc1ccc([C@@H]2CCCN2CC(=O)N[C@@H]2CCCC[C@@H]2C)cc1OC. The number of nitrogens with zero attached hydrogens (tertiary/aromatic N) is 1. The van der Waals surface area contributed by atoms with Crippen molar-refractivity contribution in [2.24, 2.45) is 5.92 Å². The minimum Gasteiger partial charge on any atom is -0.493 e. The molecule has 1 aliphatic heterocycles. The second-order valence-corrected chi connectivity index (χ2v) is 7.68. The van der Waals surface area contributed by atoms with E-state index in [2.05, 4.69) is 23.2 Å². The van der Waals surface area contributed by atoms with E-state index in [9.17, 15) is 4.79 Å². The Labute approximate surface area is 157 Å². The molecular formula is C21H32N2O3. The van der Waals surface area contributed by atoms with E-state index in [0.717, 1.165) is 37.3 Å². The molecule has 1 heterocycles. The highest BCUT2D eigenvalue weighted by Crippen LogP contribution is 2.36. The number of ether oxygens (including phenoxy) is 2. The minimum absolute atomic E-state index is 0.163. The van der Waals surface area contributed by atoms with E-state index in [1.165, 1.54) is 24.8 Å². The van der Waals surface area contributed by atoms with Crippen molar-refractivity contribution >= 4 is 5.91 Å². The number of rotatable bonds is 6. The lowest BCUT2D eigenvalue weighted by molar-refractivity contribution is -0.123. The van der Waals surface area contributed by atoms with Gasteiger partial charge in [0.15, 0.2) is 11.5 Å². The Morgan fingerprint density at radius 1 is 1.12 bits per heavy atom. The first-order valence-corrected chi connectivity index (χ1v) is 9.87. The summed E-state index contributed by atoms with van der Waals surface area (Å²) in [6.07, 6.45) is 7.05. The molecule has 1 N–H and O–H groups in total. The summed E-state index contributed by atoms with van der Waals surface area (Å²) in [5, 5.41) is 3.28. The fourth-order valence-electron chi connectivity index (χ4n) is 4.42. The average Bonchev–Trinajstić information content (AvgIpc) is 3.11. The number of carbonyl (C=O) groups excluding carboxylic acids is 1. The Morgan fingerprint density at radius 3 is 2.62 bits per heavy atom. The molecule has 144 valence electrons. The van der Waals surface area contributed by atoms with Gasteiger partial charge in [-0.3, -0.25) is 9.69 Å². The largest absolute Gasteiger partial charge is 0.493 e. The van der Waals surface area contributed by atoms with Gasteiger partial charge in [0.1, 0.15) is 0 Å². The first kappa shape index (κ1) is 19.0. The second kappa shape index (κ2) is 8.76. The fraction of sp³-hybridized carbons (Fsp3) is 0.667. The molecule has 1 saturated carbocycles. The van der Waals surface area contributed by atoms with Crippen molar-refractivity contribution in [1.29, 1.82) is 0 Å². The number of likely N-dealkylation sites (tertiary alicyclic amines) is 1. The molecule has 0 radical (unpaired) electrons. The van der Waals surface area contributed by atoms with Crippen molar-refractivity contribution in [3.8, 4) is 11.5 Å². The highest BCUT2D eigenvalue weighted by Gasteiger charge is 2.30. The van der Waals surface area contributed by atoms with Gasteiger partial charge in [0.2, 0.25) is 5.91 Å². The summed E-state index contributed by atoms with van der Waals surface area (Å²) < 4.78 is 10.8. The average molecular weight is 360 g/mol. The van der Waals surface area contributed by atoms with Crippen LogP contribution in [0, 0.1) is 5.92 Å². The number of nitrogens with one attached hydrogen (secondary N) is 1. The summed E-state index contributed by atoms with van der Waals surface area (Å²) in [4.78, 5) is 14.9. The van der Waals surface area contributed by atoms with Gasteiger partial charge in [0.05, 0.1) is 20.8 Å². The third kappa shape index (κ3) is 4.32. The van der Waals surface area contributed by atoms with Crippen molar-refractivity contribution in [2.75, 3.05) is 27.3 Å². The second-order valence-electron chi connectivity index (χ2n) is 7.68. The molecule has 5 nitrogen and oxygen atoms in total. The standard InChI is InChI=1S/C21H32N2O3/c1-15-7-4-5-8-17(15)22-21(24)14-23-12-6-9-18(23)16-10-11-19(25-2)20(13-16)26-3/h10-11,13,15,17-18H,4-9,12,14H2,1-3H3,(H,22,24)/t15-,17+,18-/m0/s1. The van der Waals surface area contributed by atoms with Gasteiger partial charge in [-0.05, 0) is 55.8 Å². The van der Waals surface area contributed by atoms with E-state index in [-0.39, 0.29) is 11.9 Å². The van der Waals surface area contributed by atoms with Crippen molar-refractivity contribution in [3.63, 3.8) is 0 Å². The lowest BCUT2D eigenvalue weighted by atomic mass is 9.86. The molecule has 1 amide bonds. The van der Waals surface area contributed by atoms with Crippen LogP contribution in [0.25, 0.3) is 0 Å². The molecule has 1 saturated heterocycles. The molecule has 3 rings (SSSR count). The Kier molecular flexibility index (Phi) is 6.41. The summed E-state index contributed by atoms with van der Waals surface area (Å²) in [5.74, 6) is 2.24. The van der Waals surface area contributed by atoms with Crippen LogP contribution >= 0.6 is 0 Å². The van der Waals surface area contributed by atoms with Crippen LogP contribution in [0.1, 0.15) is 57.1 Å². The third-order valence-corrected chi connectivity index (χ3v) is 5.96. The Bertz CT molecular complexity index is 619. The van der Waals surface area contributed by atoms with Gasteiger partial charge in [-0.15, -0.1) is 0 Å². The van der Waals surface area contributed by atoms with Crippen molar-refractivity contribution < 1.29 is 14.3 Å². The van der Waals surface area contributed by atoms with E-state index in [1.807, 2.05) is 12.1 Å². The number of benzene rings is 1. The van der Waals surface area contributed by atoms with Crippen LogP contribution < -0.4 is 14.8 Å². The summed E-state index contributed by atoms with van der Waals surface area (Å²) in [6, 6.07) is 6.70. The topological polar surface area (TPSA) is 50.8 Å². The zero-order valence-electron chi connectivity index (χ0n) is 16.3. The number of hydrogen-bond acceptors (Lipinski definition) is 4. The summed E-state index contributed by atoms with van der Waals surface area (Å²) in [5.41, 5.74) is 1.19. The van der Waals surface area contributed by atoms with Gasteiger partial charge in [-0.2, -0.15) is 0 Å². The summed E-state index contributed by atoms with van der Waals surface area (Å²) >= 11 is 0. The zero-order chi connectivity index (χ0) is 18.5. The molecule has 26 heavy (non-hydrogen) atoms. The smallest absolute Gasteiger partial charge is 0.234 e. The predicted molar refractivity (Wildman–Crippen MR) is 103 cm³/mol. The molecule has 0 unspecified atom stereocenters. The summed E-state index contributed by atoms with van der Waals surface area (Å²) in [6.45, 7) is 3.70. The molecule has 0 spiro atoms. The number of amides is 1. The maximum absolute atomic E-state index is 12.6. The third-order valence-electron chi connectivity index (χ3n) is 5.96. The predicted octanol–water partition coefficient (Wildman–Crippen LogP) is 3.54. The molecule has 3 atom stereocenters. The van der Waals surface area contributed by atoms with Crippen LogP contribution in [-0.4, -0.2) is 44.2 Å². The van der Waals surface area contributed by atoms with Crippen LogP contribution in [0.2, 0.25) is 0 Å². The quantitative estimate of drug-likeness (QED) is 0.843. The van der Waals surface area contributed by atoms with Crippen molar-refractivity contribution in [2.45, 2.75) is 57.5 Å². The molecular weight excluding hydrogens is 328 g/mol. The number of hydrogen-bond donors (Lipinski definition) is 1. The fourth-order valence-corrected chi connectivity index (χ4v) is 4.42. The van der Waals surface area contributed by atoms with Crippen LogP contribution in [0.4, 0.5) is 0 Å². The van der Waals surface area contributed by atoms with Crippen LogP contribution in [0.15, 0.2) is 18.2 Å². The van der Waals surface area contributed by atoms with E-state index in [4.69, 9.17) is 9.47 Å². The number of carbonyl (C=O) groups is 1. The van der Waals surface area contributed by atoms with E-state index < -0.39 is 0 Å². The van der Waals surface area contributed by atoms with Gasteiger partial charge in [0, 0.05) is 12.1 Å². The summed E-state index contributed by atoms with van der Waals surface area (Å²) in [7, 11) is 3.31. The Morgan fingerprint density at radius 2 is 1.88 bits per heavy atom. The minimum atomic E-state index is 0.163. The van der Waals surface area contributed by atoms with Gasteiger partial charge in [0.25, 0.3) is 0 Å².